The molecule has 0 heterocycles. The summed E-state index contributed by atoms with van der Waals surface area (Å²) >= 11 is 0. The van der Waals surface area contributed by atoms with E-state index in [0.29, 0.717) is 0 Å². The normalized spacial score (nSPS) is 18.8. The Labute approximate surface area is 84.4 Å². The van der Waals surface area contributed by atoms with Gasteiger partial charge >= 0.3 is 0 Å². The monoisotopic (exact) mass is 182 g/mol. The first kappa shape index (κ1) is 12.7. The molecule has 0 bridgehead atoms. The summed E-state index contributed by atoms with van der Waals surface area (Å²) < 4.78 is 0. The lowest BCUT2D eigenvalue weighted by Crippen LogP contribution is -2.07. The fourth-order valence-electron chi connectivity index (χ4n) is 1.51. The molecule has 13 heavy (non-hydrogen) atoms. The van der Waals surface area contributed by atoms with E-state index in [4.69, 9.17) is 0 Å². The lowest BCUT2D eigenvalue weighted by molar-refractivity contribution is 0.370. The average Bonchev–Trinajstić information content (AvgIpc) is 2.13. The van der Waals surface area contributed by atoms with Crippen molar-refractivity contribution in [2.24, 2.45) is 17.8 Å². The minimum Gasteiger partial charge on any atom is -0.0914 e. The predicted octanol–water partition coefficient (Wildman–Crippen LogP) is 4.66. The van der Waals surface area contributed by atoms with Crippen molar-refractivity contribution in [1.29, 1.82) is 0 Å². The first-order valence-corrected chi connectivity index (χ1v) is 5.74. The third-order valence-corrected chi connectivity index (χ3v) is 3.21. The van der Waals surface area contributed by atoms with Gasteiger partial charge in [-0.25, -0.2) is 0 Å². The van der Waals surface area contributed by atoms with Gasteiger partial charge in [-0.1, -0.05) is 52.7 Å². The summed E-state index contributed by atoms with van der Waals surface area (Å²) in [5.74, 6) is 2.49. The highest BCUT2D eigenvalue weighted by molar-refractivity contribution is 4.85. The van der Waals surface area contributed by atoms with E-state index in [9.17, 15) is 0 Å². The first-order valence-electron chi connectivity index (χ1n) is 5.74. The predicted molar refractivity (Wildman–Crippen MR) is 61.8 cm³/mol. The smallest absolute Gasteiger partial charge is 0.0236 e. The van der Waals surface area contributed by atoms with Crippen LogP contribution < -0.4 is 0 Å². The molecule has 0 aliphatic rings. The molecule has 78 valence electrons. The van der Waals surface area contributed by atoms with Crippen LogP contribution in [0.5, 0.6) is 0 Å². The third kappa shape index (κ3) is 5.90. The minimum absolute atomic E-state index is 0.744. The molecule has 0 aliphatic carbocycles. The molecule has 0 aliphatic heterocycles. The minimum atomic E-state index is 0.744. The Morgan fingerprint density at radius 2 is 1.69 bits per heavy atom. The Kier molecular flexibility index (Phi) is 7.03. The van der Waals surface area contributed by atoms with Gasteiger partial charge in [0.05, 0.1) is 0 Å². The summed E-state index contributed by atoms with van der Waals surface area (Å²) in [6.45, 7) is 11.4. The van der Waals surface area contributed by atoms with Crippen LogP contribution in [0.15, 0.2) is 12.2 Å². The van der Waals surface area contributed by atoms with Crippen molar-refractivity contribution in [2.45, 2.75) is 53.9 Å². The molecule has 0 aromatic carbocycles. The molecule has 0 heteroatoms. The maximum absolute atomic E-state index is 2.37. The van der Waals surface area contributed by atoms with Crippen LogP contribution in [0.1, 0.15) is 53.9 Å². The zero-order valence-corrected chi connectivity index (χ0v) is 10.0. The molecule has 0 spiro atoms. The van der Waals surface area contributed by atoms with Crippen LogP contribution in [0.4, 0.5) is 0 Å². The topological polar surface area (TPSA) is 0 Å². The first-order chi connectivity index (χ1) is 6.11. The summed E-state index contributed by atoms with van der Waals surface area (Å²) in [6.07, 6.45) is 8.58. The Bertz CT molecular complexity index is 135. The molecule has 0 saturated heterocycles. The third-order valence-electron chi connectivity index (χ3n) is 3.21. The maximum atomic E-state index is 2.37. The molecule has 0 rings (SSSR count). The van der Waals surface area contributed by atoms with E-state index in [1.165, 1.54) is 19.3 Å². The van der Waals surface area contributed by atoms with Gasteiger partial charge in [-0.05, 0) is 31.1 Å². The van der Waals surface area contributed by atoms with E-state index in [0.717, 1.165) is 17.8 Å². The zero-order chi connectivity index (χ0) is 10.3. The summed E-state index contributed by atoms with van der Waals surface area (Å²) in [4.78, 5) is 0. The second kappa shape index (κ2) is 7.17. The zero-order valence-electron chi connectivity index (χ0n) is 10.0. The summed E-state index contributed by atoms with van der Waals surface area (Å²) in [6, 6.07) is 0. The van der Waals surface area contributed by atoms with Crippen LogP contribution in [0.3, 0.4) is 0 Å². The Morgan fingerprint density at radius 1 is 1.08 bits per heavy atom. The number of hydrogen-bond acceptors (Lipinski definition) is 0. The Balaban J connectivity index is 3.66. The second-order valence-electron chi connectivity index (χ2n) is 4.45. The van der Waals surface area contributed by atoms with Gasteiger partial charge < -0.3 is 0 Å². The molecule has 0 saturated carbocycles. The van der Waals surface area contributed by atoms with E-state index in [-0.39, 0.29) is 0 Å². The van der Waals surface area contributed by atoms with E-state index in [1.807, 2.05) is 0 Å². The molecule has 0 nitrogen and oxygen atoms in total. The molecule has 3 unspecified atom stereocenters. The van der Waals surface area contributed by atoms with Gasteiger partial charge in [-0.15, -0.1) is 0 Å². The van der Waals surface area contributed by atoms with E-state index < -0.39 is 0 Å². The quantitative estimate of drug-likeness (QED) is 0.524. The summed E-state index contributed by atoms with van der Waals surface area (Å²) in [5.41, 5.74) is 0. The van der Waals surface area contributed by atoms with Gasteiger partial charge in [0.25, 0.3) is 0 Å². The van der Waals surface area contributed by atoms with Crippen molar-refractivity contribution < 1.29 is 0 Å². The standard InChI is InChI=1S/C13H26/c1-6-8-12(4)13(5)10-9-11(3)7-2/h6,8,11-13H,7,9-10H2,1-5H3. The molecule has 0 fully saturated rings. The Hall–Kier alpha value is -0.260. The highest BCUT2D eigenvalue weighted by Gasteiger charge is 2.10. The van der Waals surface area contributed by atoms with Crippen LogP contribution in [-0.4, -0.2) is 0 Å². The van der Waals surface area contributed by atoms with Crippen LogP contribution in [0.2, 0.25) is 0 Å². The van der Waals surface area contributed by atoms with Crippen molar-refractivity contribution in [3.05, 3.63) is 12.2 Å². The van der Waals surface area contributed by atoms with Crippen LogP contribution >= 0.6 is 0 Å². The molecule has 0 amide bonds. The van der Waals surface area contributed by atoms with Crippen LogP contribution in [0.25, 0.3) is 0 Å². The van der Waals surface area contributed by atoms with Gasteiger partial charge in [0, 0.05) is 0 Å². The second-order valence-corrected chi connectivity index (χ2v) is 4.45. The van der Waals surface area contributed by atoms with Crippen molar-refractivity contribution >= 4 is 0 Å². The fraction of sp³-hybridized carbons (Fsp3) is 0.846. The highest BCUT2D eigenvalue weighted by Crippen LogP contribution is 2.21. The lowest BCUT2D eigenvalue weighted by atomic mass is 9.88. The van der Waals surface area contributed by atoms with Crippen molar-refractivity contribution in [3.8, 4) is 0 Å². The van der Waals surface area contributed by atoms with E-state index in [1.54, 1.807) is 0 Å². The van der Waals surface area contributed by atoms with E-state index in [2.05, 4.69) is 46.8 Å². The van der Waals surface area contributed by atoms with Crippen molar-refractivity contribution in [3.63, 3.8) is 0 Å². The van der Waals surface area contributed by atoms with Crippen LogP contribution in [0, 0.1) is 17.8 Å². The Morgan fingerprint density at radius 3 is 2.15 bits per heavy atom. The van der Waals surface area contributed by atoms with Gasteiger partial charge in [0.2, 0.25) is 0 Å². The molecule has 3 atom stereocenters. The molecule has 0 N–H and O–H groups in total. The average molecular weight is 182 g/mol. The number of hydrogen-bond donors (Lipinski definition) is 0. The number of rotatable bonds is 6. The van der Waals surface area contributed by atoms with Crippen LogP contribution in [-0.2, 0) is 0 Å². The highest BCUT2D eigenvalue weighted by atomic mass is 14.2. The van der Waals surface area contributed by atoms with E-state index >= 15 is 0 Å². The van der Waals surface area contributed by atoms with Crippen molar-refractivity contribution in [1.82, 2.24) is 0 Å². The molecule has 0 aromatic heterocycles. The van der Waals surface area contributed by atoms with Crippen molar-refractivity contribution in [2.75, 3.05) is 0 Å². The molecule has 0 aromatic rings. The number of allylic oxidation sites excluding steroid dienone is 2. The van der Waals surface area contributed by atoms with Gasteiger partial charge in [-0.2, -0.15) is 0 Å². The SMILES string of the molecule is CC=CC(C)C(C)CCC(C)CC. The molecular formula is C13H26. The lowest BCUT2D eigenvalue weighted by Gasteiger charge is -2.18. The largest absolute Gasteiger partial charge is 0.0914 e. The molecule has 0 radical (unpaired) electrons. The summed E-state index contributed by atoms with van der Waals surface area (Å²) in [5, 5.41) is 0. The molecular weight excluding hydrogens is 156 g/mol. The maximum Gasteiger partial charge on any atom is -0.0236 e. The van der Waals surface area contributed by atoms with Gasteiger partial charge in [0.15, 0.2) is 0 Å². The van der Waals surface area contributed by atoms with Gasteiger partial charge in [0.1, 0.15) is 0 Å². The van der Waals surface area contributed by atoms with Gasteiger partial charge in [-0.3, -0.25) is 0 Å². The fourth-order valence-corrected chi connectivity index (χ4v) is 1.51. The summed E-state index contributed by atoms with van der Waals surface area (Å²) in [7, 11) is 0.